The van der Waals surface area contributed by atoms with E-state index in [1.54, 1.807) is 28.0 Å². The number of fused-ring (bicyclic) bond motifs is 1. The van der Waals surface area contributed by atoms with E-state index >= 15 is 0 Å². The van der Waals surface area contributed by atoms with Crippen LogP contribution in [0.4, 0.5) is 5.69 Å². The van der Waals surface area contributed by atoms with Gasteiger partial charge in [0.05, 0.1) is 11.8 Å². The molecular weight excluding hydrogens is 364 g/mol. The van der Waals surface area contributed by atoms with E-state index in [-0.39, 0.29) is 24.2 Å². The van der Waals surface area contributed by atoms with Gasteiger partial charge in [0, 0.05) is 37.8 Å². The number of amides is 2. The quantitative estimate of drug-likeness (QED) is 0.840. The van der Waals surface area contributed by atoms with Gasteiger partial charge in [0.2, 0.25) is 11.8 Å². The number of carbonyl (C=O) groups is 3. The molecule has 0 aliphatic carbocycles. The number of ether oxygens (including phenoxy) is 2. The Labute approximate surface area is 163 Å². The van der Waals surface area contributed by atoms with Crippen molar-refractivity contribution < 1.29 is 29.0 Å². The van der Waals surface area contributed by atoms with E-state index in [0.29, 0.717) is 56.5 Å². The molecule has 2 fully saturated rings. The first-order valence-electron chi connectivity index (χ1n) is 9.65. The third-order valence-electron chi connectivity index (χ3n) is 5.85. The van der Waals surface area contributed by atoms with Crippen LogP contribution in [0.15, 0.2) is 18.2 Å². The highest BCUT2D eigenvalue weighted by Crippen LogP contribution is 2.36. The SMILES string of the molecule is CC1CN(C(=O)C2CC(=O)N(c3ccc4c(c3)OCCO4)C2)CCC1C(=O)O. The minimum Gasteiger partial charge on any atom is -0.486 e. The van der Waals surface area contributed by atoms with Gasteiger partial charge in [-0.2, -0.15) is 0 Å². The van der Waals surface area contributed by atoms with Crippen LogP contribution in [0.25, 0.3) is 0 Å². The molecule has 8 nitrogen and oxygen atoms in total. The van der Waals surface area contributed by atoms with Crippen LogP contribution < -0.4 is 14.4 Å². The fourth-order valence-electron chi connectivity index (χ4n) is 4.29. The Kier molecular flexibility index (Phi) is 4.87. The zero-order valence-electron chi connectivity index (χ0n) is 15.8. The zero-order chi connectivity index (χ0) is 19.8. The van der Waals surface area contributed by atoms with Crippen LogP contribution in [-0.2, 0) is 14.4 Å². The molecule has 0 spiro atoms. The maximum Gasteiger partial charge on any atom is 0.306 e. The fraction of sp³-hybridized carbons (Fsp3) is 0.550. The van der Waals surface area contributed by atoms with Crippen LogP contribution in [0, 0.1) is 17.8 Å². The molecule has 8 heteroatoms. The smallest absolute Gasteiger partial charge is 0.306 e. The number of likely N-dealkylation sites (tertiary alicyclic amines) is 1. The molecule has 28 heavy (non-hydrogen) atoms. The van der Waals surface area contributed by atoms with Gasteiger partial charge in [-0.05, 0) is 24.5 Å². The molecule has 1 aromatic carbocycles. The summed E-state index contributed by atoms with van der Waals surface area (Å²) in [4.78, 5) is 40.1. The highest BCUT2D eigenvalue weighted by molar-refractivity contribution is 6.00. The summed E-state index contributed by atoms with van der Waals surface area (Å²) in [5.74, 6) is -0.618. The Morgan fingerprint density at radius 2 is 1.89 bits per heavy atom. The summed E-state index contributed by atoms with van der Waals surface area (Å²) in [6.07, 6.45) is 0.620. The second kappa shape index (κ2) is 7.33. The van der Waals surface area contributed by atoms with Crippen LogP contribution in [0.1, 0.15) is 19.8 Å². The number of aliphatic carboxylic acids is 1. The number of anilines is 1. The van der Waals surface area contributed by atoms with Crippen molar-refractivity contribution >= 4 is 23.5 Å². The van der Waals surface area contributed by atoms with Crippen molar-refractivity contribution in [1.82, 2.24) is 4.90 Å². The molecule has 150 valence electrons. The number of hydrogen-bond donors (Lipinski definition) is 1. The van der Waals surface area contributed by atoms with Gasteiger partial charge in [-0.3, -0.25) is 14.4 Å². The molecule has 3 heterocycles. The molecule has 0 aromatic heterocycles. The van der Waals surface area contributed by atoms with Crippen molar-refractivity contribution in [2.45, 2.75) is 19.8 Å². The summed E-state index contributed by atoms with van der Waals surface area (Å²) < 4.78 is 11.1. The van der Waals surface area contributed by atoms with E-state index in [2.05, 4.69) is 0 Å². The Morgan fingerprint density at radius 3 is 2.61 bits per heavy atom. The largest absolute Gasteiger partial charge is 0.486 e. The summed E-state index contributed by atoms with van der Waals surface area (Å²) >= 11 is 0. The van der Waals surface area contributed by atoms with Gasteiger partial charge < -0.3 is 24.4 Å². The lowest BCUT2D eigenvalue weighted by Gasteiger charge is -2.36. The Morgan fingerprint density at radius 1 is 1.14 bits per heavy atom. The lowest BCUT2D eigenvalue weighted by atomic mass is 9.86. The molecule has 1 N–H and O–H groups in total. The number of carboxylic acid groups (broad SMARTS) is 1. The average molecular weight is 388 g/mol. The average Bonchev–Trinajstić information content (AvgIpc) is 3.08. The second-order valence-electron chi connectivity index (χ2n) is 7.73. The van der Waals surface area contributed by atoms with E-state index in [1.807, 2.05) is 6.92 Å². The van der Waals surface area contributed by atoms with Crippen molar-refractivity contribution in [3.63, 3.8) is 0 Å². The van der Waals surface area contributed by atoms with E-state index in [1.165, 1.54) is 0 Å². The lowest BCUT2D eigenvalue weighted by molar-refractivity contribution is -0.149. The summed E-state index contributed by atoms with van der Waals surface area (Å²) in [5.41, 5.74) is 0.697. The number of hydrogen-bond acceptors (Lipinski definition) is 5. The van der Waals surface area contributed by atoms with Gasteiger partial charge in [0.1, 0.15) is 13.2 Å². The van der Waals surface area contributed by atoms with Gasteiger partial charge in [-0.25, -0.2) is 0 Å². The van der Waals surface area contributed by atoms with Gasteiger partial charge in [0.15, 0.2) is 11.5 Å². The number of carboxylic acids is 1. The van der Waals surface area contributed by atoms with Crippen LogP contribution in [-0.4, -0.2) is 60.6 Å². The molecule has 3 unspecified atom stereocenters. The second-order valence-corrected chi connectivity index (χ2v) is 7.73. The van der Waals surface area contributed by atoms with Crippen LogP contribution >= 0.6 is 0 Å². The number of rotatable bonds is 3. The number of nitrogens with zero attached hydrogens (tertiary/aromatic N) is 2. The minimum atomic E-state index is -0.805. The number of carbonyl (C=O) groups excluding carboxylic acids is 2. The van der Waals surface area contributed by atoms with Crippen molar-refractivity contribution in [2.24, 2.45) is 17.8 Å². The van der Waals surface area contributed by atoms with E-state index in [4.69, 9.17) is 9.47 Å². The fourth-order valence-corrected chi connectivity index (χ4v) is 4.29. The lowest BCUT2D eigenvalue weighted by Crippen LogP contribution is -2.47. The summed E-state index contributed by atoms with van der Waals surface area (Å²) in [6, 6.07) is 5.36. The maximum absolute atomic E-state index is 12.9. The topological polar surface area (TPSA) is 96.4 Å². The number of piperidine rings is 1. The molecule has 0 bridgehead atoms. The van der Waals surface area contributed by atoms with Crippen LogP contribution in [0.2, 0.25) is 0 Å². The third-order valence-corrected chi connectivity index (χ3v) is 5.85. The van der Waals surface area contributed by atoms with Gasteiger partial charge in [0.25, 0.3) is 0 Å². The van der Waals surface area contributed by atoms with Crippen molar-refractivity contribution in [2.75, 3.05) is 37.7 Å². The maximum atomic E-state index is 12.9. The molecule has 3 atom stereocenters. The number of benzene rings is 1. The predicted molar refractivity (Wildman–Crippen MR) is 99.4 cm³/mol. The first-order valence-corrected chi connectivity index (χ1v) is 9.65. The predicted octanol–water partition coefficient (Wildman–Crippen LogP) is 1.38. The van der Waals surface area contributed by atoms with E-state index in [9.17, 15) is 19.5 Å². The van der Waals surface area contributed by atoms with E-state index in [0.717, 1.165) is 0 Å². The molecule has 2 saturated heterocycles. The van der Waals surface area contributed by atoms with Gasteiger partial charge in [-0.15, -0.1) is 0 Å². The van der Waals surface area contributed by atoms with Gasteiger partial charge >= 0.3 is 5.97 Å². The molecule has 1 aromatic rings. The van der Waals surface area contributed by atoms with Gasteiger partial charge in [-0.1, -0.05) is 6.92 Å². The molecule has 3 aliphatic heterocycles. The zero-order valence-corrected chi connectivity index (χ0v) is 15.8. The molecule has 2 amide bonds. The van der Waals surface area contributed by atoms with Crippen molar-refractivity contribution in [1.29, 1.82) is 0 Å². The Bertz CT molecular complexity index is 810. The standard InChI is InChI=1S/C20H24N2O6/c1-12-10-21(5-4-15(12)20(25)26)19(24)13-8-18(23)22(11-13)14-2-3-16-17(9-14)28-7-6-27-16/h2-3,9,12-13,15H,4-8,10-11H2,1H3,(H,25,26). The van der Waals surface area contributed by atoms with Crippen LogP contribution in [0.5, 0.6) is 11.5 Å². The normalized spacial score (nSPS) is 27.0. The van der Waals surface area contributed by atoms with Crippen molar-refractivity contribution in [3.05, 3.63) is 18.2 Å². The summed E-state index contributed by atoms with van der Waals surface area (Å²) in [7, 11) is 0. The highest BCUT2D eigenvalue weighted by atomic mass is 16.6. The summed E-state index contributed by atoms with van der Waals surface area (Å²) in [6.45, 7) is 4.00. The van der Waals surface area contributed by atoms with E-state index < -0.39 is 17.8 Å². The van der Waals surface area contributed by atoms with Crippen molar-refractivity contribution in [3.8, 4) is 11.5 Å². The minimum absolute atomic E-state index is 0.0657. The first-order chi connectivity index (χ1) is 13.4. The Balaban J connectivity index is 1.43. The molecular formula is C20H24N2O6. The Hall–Kier alpha value is -2.77. The monoisotopic (exact) mass is 388 g/mol. The first kappa shape index (κ1) is 18.6. The molecule has 3 aliphatic rings. The molecule has 4 rings (SSSR count). The third kappa shape index (κ3) is 3.39. The van der Waals surface area contributed by atoms with Crippen LogP contribution in [0.3, 0.4) is 0 Å². The highest BCUT2D eigenvalue weighted by Gasteiger charge is 2.40. The summed E-state index contributed by atoms with van der Waals surface area (Å²) in [5, 5.41) is 9.25. The molecule has 0 saturated carbocycles. The molecule has 0 radical (unpaired) electrons.